The molecule has 1 unspecified atom stereocenters. The lowest BCUT2D eigenvalue weighted by atomic mass is 10.3. The molecule has 0 aromatic rings. The molecule has 0 rings (SSSR count). The molecule has 0 saturated heterocycles. The predicted octanol–water partition coefficient (Wildman–Crippen LogP) is 0.795. The van der Waals surface area contributed by atoms with Crippen LogP contribution in [0.4, 0.5) is 0 Å². The Morgan fingerprint density at radius 1 is 1.24 bits per heavy atom. The number of carbonyl (C=O) groups excluding carboxylic acids is 1. The molecule has 0 aliphatic rings. The first-order chi connectivity index (χ1) is 9.18. The van der Waals surface area contributed by atoms with Gasteiger partial charge in [-0.1, -0.05) is 0 Å². The second-order valence-corrected chi connectivity index (χ2v) is 7.90. The van der Waals surface area contributed by atoms with Crippen LogP contribution in [0.5, 0.6) is 0 Å². The van der Waals surface area contributed by atoms with Gasteiger partial charge in [0.15, 0.2) is 5.96 Å². The van der Waals surface area contributed by atoms with Crippen LogP contribution in [-0.2, 0) is 15.6 Å². The largest absolute Gasteiger partial charge is 0.357 e. The Kier molecular flexibility index (Phi) is 12.2. The molecule has 0 aromatic heterocycles. The molecule has 2 N–H and O–H groups in total. The SMILES string of the molecule is CCNC(=NCC(=O)N(C)C)NCCS(=O)C(C)(C)C.I. The number of rotatable bonds is 6. The quantitative estimate of drug-likeness (QED) is 0.370. The first-order valence-electron chi connectivity index (χ1n) is 6.79. The maximum Gasteiger partial charge on any atom is 0.243 e. The Balaban J connectivity index is 0. The van der Waals surface area contributed by atoms with Gasteiger partial charge in [-0.25, -0.2) is 4.99 Å². The smallest absolute Gasteiger partial charge is 0.243 e. The molecule has 1 amide bonds. The Bertz CT molecular complexity index is 368. The minimum atomic E-state index is -0.898. The van der Waals surface area contributed by atoms with E-state index in [0.29, 0.717) is 24.8 Å². The van der Waals surface area contributed by atoms with Crippen molar-refractivity contribution in [2.45, 2.75) is 32.4 Å². The number of hydrogen-bond donors (Lipinski definition) is 2. The van der Waals surface area contributed by atoms with E-state index >= 15 is 0 Å². The van der Waals surface area contributed by atoms with Crippen LogP contribution in [0.1, 0.15) is 27.7 Å². The van der Waals surface area contributed by atoms with E-state index < -0.39 is 10.8 Å². The van der Waals surface area contributed by atoms with Crippen LogP contribution in [0.3, 0.4) is 0 Å². The number of amides is 1. The molecule has 0 aliphatic heterocycles. The van der Waals surface area contributed by atoms with Gasteiger partial charge >= 0.3 is 0 Å². The van der Waals surface area contributed by atoms with Crippen LogP contribution < -0.4 is 10.6 Å². The van der Waals surface area contributed by atoms with Gasteiger partial charge in [0.05, 0.1) is 0 Å². The van der Waals surface area contributed by atoms with E-state index in [1.165, 1.54) is 4.90 Å². The zero-order chi connectivity index (χ0) is 15.8. The first kappa shape index (κ1) is 22.9. The molecule has 0 heterocycles. The lowest BCUT2D eigenvalue weighted by Gasteiger charge is -2.18. The summed E-state index contributed by atoms with van der Waals surface area (Å²) in [7, 11) is 2.50. The van der Waals surface area contributed by atoms with Crippen molar-refractivity contribution >= 4 is 46.6 Å². The summed E-state index contributed by atoms with van der Waals surface area (Å²) < 4.78 is 11.7. The number of hydrogen-bond acceptors (Lipinski definition) is 3. The second kappa shape index (κ2) is 11.2. The maximum absolute atomic E-state index is 11.9. The number of carbonyl (C=O) groups is 1. The van der Waals surface area contributed by atoms with Crippen molar-refractivity contribution < 1.29 is 9.00 Å². The number of likely N-dealkylation sites (N-methyl/N-ethyl adjacent to an activating group) is 1. The maximum atomic E-state index is 11.9. The minimum absolute atomic E-state index is 0. The summed E-state index contributed by atoms with van der Waals surface area (Å²) in [6.07, 6.45) is 0. The summed E-state index contributed by atoms with van der Waals surface area (Å²) in [6, 6.07) is 0. The Morgan fingerprint density at radius 3 is 2.24 bits per heavy atom. The van der Waals surface area contributed by atoms with Gasteiger partial charge in [-0.15, -0.1) is 24.0 Å². The summed E-state index contributed by atoms with van der Waals surface area (Å²) in [4.78, 5) is 17.2. The first-order valence-corrected chi connectivity index (χ1v) is 8.11. The molecule has 0 aliphatic carbocycles. The van der Waals surface area contributed by atoms with Crippen molar-refractivity contribution in [2.75, 3.05) is 39.5 Å². The predicted molar refractivity (Wildman–Crippen MR) is 101 cm³/mol. The normalized spacial score (nSPS) is 13.1. The second-order valence-electron chi connectivity index (χ2n) is 5.57. The monoisotopic (exact) mass is 432 g/mol. The number of nitrogens with one attached hydrogen (secondary N) is 2. The lowest BCUT2D eigenvalue weighted by molar-refractivity contribution is -0.127. The van der Waals surface area contributed by atoms with E-state index in [1.54, 1.807) is 14.1 Å². The van der Waals surface area contributed by atoms with Gasteiger partial charge in [-0.05, 0) is 27.7 Å². The third kappa shape index (κ3) is 10.9. The van der Waals surface area contributed by atoms with Crippen molar-refractivity contribution in [1.82, 2.24) is 15.5 Å². The fraction of sp³-hybridized carbons (Fsp3) is 0.846. The number of nitrogens with zero attached hydrogens (tertiary/aromatic N) is 2. The number of halogens is 1. The third-order valence-corrected chi connectivity index (χ3v) is 4.42. The van der Waals surface area contributed by atoms with Crippen molar-refractivity contribution in [3.8, 4) is 0 Å². The molecule has 8 heteroatoms. The highest BCUT2D eigenvalue weighted by Crippen LogP contribution is 2.10. The van der Waals surface area contributed by atoms with E-state index in [9.17, 15) is 9.00 Å². The van der Waals surface area contributed by atoms with E-state index in [1.807, 2.05) is 27.7 Å². The van der Waals surface area contributed by atoms with Crippen LogP contribution in [0, 0.1) is 0 Å². The zero-order valence-corrected chi connectivity index (χ0v) is 17.0. The molecule has 0 spiro atoms. The van der Waals surface area contributed by atoms with E-state index in [4.69, 9.17) is 0 Å². The fourth-order valence-corrected chi connectivity index (χ4v) is 2.10. The average molecular weight is 432 g/mol. The molecule has 0 saturated carbocycles. The molecular formula is C13H29IN4O2S. The Morgan fingerprint density at radius 2 is 1.81 bits per heavy atom. The van der Waals surface area contributed by atoms with E-state index in [2.05, 4.69) is 15.6 Å². The topological polar surface area (TPSA) is 73.8 Å². The summed E-state index contributed by atoms with van der Waals surface area (Å²) in [6.45, 7) is 9.20. The molecule has 126 valence electrons. The van der Waals surface area contributed by atoms with Gasteiger partial charge in [0.25, 0.3) is 0 Å². The summed E-state index contributed by atoms with van der Waals surface area (Å²) in [5, 5.41) is 6.15. The highest BCUT2D eigenvalue weighted by atomic mass is 127. The molecule has 0 aromatic carbocycles. The highest BCUT2D eigenvalue weighted by Gasteiger charge is 2.18. The van der Waals surface area contributed by atoms with Gasteiger partial charge < -0.3 is 15.5 Å². The molecule has 0 bridgehead atoms. The van der Waals surface area contributed by atoms with Gasteiger partial charge in [-0.2, -0.15) is 0 Å². The highest BCUT2D eigenvalue weighted by molar-refractivity contribution is 14.0. The van der Waals surface area contributed by atoms with Gasteiger partial charge in [0, 0.05) is 48.5 Å². The average Bonchev–Trinajstić information content (AvgIpc) is 2.33. The Labute approximate surface area is 148 Å². The van der Waals surface area contributed by atoms with Gasteiger partial charge in [0.1, 0.15) is 6.54 Å². The molecule has 0 radical (unpaired) electrons. The molecule has 21 heavy (non-hydrogen) atoms. The van der Waals surface area contributed by atoms with Gasteiger partial charge in [0.2, 0.25) is 5.91 Å². The van der Waals surface area contributed by atoms with Crippen molar-refractivity contribution in [3.05, 3.63) is 0 Å². The number of guanidine groups is 1. The standard InChI is InChI=1S/C13H28N4O2S.HI/c1-7-14-12(16-10-11(18)17(5)6)15-8-9-20(19)13(2,3)4;/h7-10H2,1-6H3,(H2,14,15,16);1H. The molecule has 6 nitrogen and oxygen atoms in total. The Hall–Kier alpha value is -0.380. The third-order valence-electron chi connectivity index (χ3n) is 2.48. The van der Waals surface area contributed by atoms with E-state index in [-0.39, 0.29) is 41.2 Å². The van der Waals surface area contributed by atoms with Crippen LogP contribution >= 0.6 is 24.0 Å². The van der Waals surface area contributed by atoms with Crippen LogP contribution in [0.2, 0.25) is 0 Å². The molecule has 1 atom stereocenters. The van der Waals surface area contributed by atoms with Crippen molar-refractivity contribution in [1.29, 1.82) is 0 Å². The van der Waals surface area contributed by atoms with Crippen LogP contribution in [-0.4, -0.2) is 65.2 Å². The zero-order valence-electron chi connectivity index (χ0n) is 13.9. The fourth-order valence-electron chi connectivity index (χ4n) is 1.20. The minimum Gasteiger partial charge on any atom is -0.357 e. The van der Waals surface area contributed by atoms with Gasteiger partial charge in [-0.3, -0.25) is 9.00 Å². The van der Waals surface area contributed by atoms with Crippen LogP contribution in [0.15, 0.2) is 4.99 Å². The van der Waals surface area contributed by atoms with E-state index in [0.717, 1.165) is 0 Å². The molecular weight excluding hydrogens is 403 g/mol. The summed E-state index contributed by atoms with van der Waals surface area (Å²) >= 11 is 0. The number of aliphatic imine (C=N–C) groups is 1. The lowest BCUT2D eigenvalue weighted by Crippen LogP contribution is -2.41. The van der Waals surface area contributed by atoms with Crippen molar-refractivity contribution in [3.63, 3.8) is 0 Å². The van der Waals surface area contributed by atoms with Crippen molar-refractivity contribution in [2.24, 2.45) is 4.99 Å². The molecule has 0 fully saturated rings. The summed E-state index contributed by atoms with van der Waals surface area (Å²) in [5.74, 6) is 1.07. The summed E-state index contributed by atoms with van der Waals surface area (Å²) in [5.41, 5.74) is 0. The van der Waals surface area contributed by atoms with Crippen LogP contribution in [0.25, 0.3) is 0 Å².